The molecule has 1 aromatic heterocycles. The predicted octanol–water partition coefficient (Wildman–Crippen LogP) is 2.63. The molecule has 2 rings (SSSR count). The number of phenolic OH excluding ortho intramolecular Hbond substituents is 2. The fraction of sp³-hybridized carbons (Fsp3) is 0.100. The van der Waals surface area contributed by atoms with E-state index in [2.05, 4.69) is 10.2 Å². The van der Waals surface area contributed by atoms with Gasteiger partial charge in [-0.25, -0.2) is 0 Å². The summed E-state index contributed by atoms with van der Waals surface area (Å²) in [5, 5.41) is 27.2. The second-order valence-electron chi connectivity index (χ2n) is 3.14. The van der Waals surface area contributed by atoms with Crippen LogP contribution in [0.15, 0.2) is 25.7 Å². The van der Waals surface area contributed by atoms with Crippen molar-refractivity contribution in [1.82, 2.24) is 10.2 Å². The monoisotopic (exact) mass is 300 g/mol. The number of hydrogen-bond acceptors (Lipinski definition) is 8. The highest BCUT2D eigenvalue weighted by Crippen LogP contribution is 2.39. The molecule has 94 valence electrons. The minimum atomic E-state index is -0.167. The Hall–Kier alpha value is -1.25. The van der Waals surface area contributed by atoms with Gasteiger partial charge in [-0.05, 0) is 18.4 Å². The number of carbonyl (C=O) groups is 1. The number of aromatic nitrogens is 2. The van der Waals surface area contributed by atoms with E-state index in [0.29, 0.717) is 15.5 Å². The molecule has 18 heavy (non-hydrogen) atoms. The standard InChI is InChI=1S/C10H8N2O3S3/c1-16-9-11-12-10(18-9)17-8-3-6(14)5(4-13)2-7(8)15/h2-4,14-15H,1H3. The van der Waals surface area contributed by atoms with E-state index in [1.807, 2.05) is 6.26 Å². The van der Waals surface area contributed by atoms with Crippen LogP contribution in [0.4, 0.5) is 0 Å². The molecule has 0 aliphatic rings. The minimum Gasteiger partial charge on any atom is -0.507 e. The maximum atomic E-state index is 10.6. The molecule has 0 saturated heterocycles. The van der Waals surface area contributed by atoms with Crippen LogP contribution in [-0.4, -0.2) is 33.0 Å². The Kier molecular flexibility index (Phi) is 4.10. The topological polar surface area (TPSA) is 83.3 Å². The lowest BCUT2D eigenvalue weighted by Gasteiger charge is -2.04. The Morgan fingerprint density at radius 2 is 1.94 bits per heavy atom. The molecule has 0 bridgehead atoms. The summed E-state index contributed by atoms with van der Waals surface area (Å²) in [7, 11) is 0. The highest BCUT2D eigenvalue weighted by atomic mass is 32.2. The maximum absolute atomic E-state index is 10.6. The Morgan fingerprint density at radius 1 is 1.22 bits per heavy atom. The Morgan fingerprint density at radius 3 is 2.56 bits per heavy atom. The van der Waals surface area contributed by atoms with Gasteiger partial charge in [0.25, 0.3) is 0 Å². The van der Waals surface area contributed by atoms with Crippen molar-refractivity contribution in [2.45, 2.75) is 13.6 Å². The lowest BCUT2D eigenvalue weighted by molar-refractivity contribution is 0.112. The molecule has 8 heteroatoms. The lowest BCUT2D eigenvalue weighted by Crippen LogP contribution is -1.83. The lowest BCUT2D eigenvalue weighted by atomic mass is 10.2. The highest BCUT2D eigenvalue weighted by molar-refractivity contribution is 8.03. The molecular formula is C10H8N2O3S3. The van der Waals surface area contributed by atoms with Crippen molar-refractivity contribution in [3.8, 4) is 11.5 Å². The number of rotatable bonds is 4. The van der Waals surface area contributed by atoms with E-state index >= 15 is 0 Å². The Balaban J connectivity index is 2.28. The van der Waals surface area contributed by atoms with Crippen LogP contribution >= 0.6 is 34.9 Å². The Labute approximate surface area is 115 Å². The van der Waals surface area contributed by atoms with Crippen LogP contribution in [0.3, 0.4) is 0 Å². The average molecular weight is 300 g/mol. The zero-order valence-electron chi connectivity index (χ0n) is 9.15. The van der Waals surface area contributed by atoms with Crippen LogP contribution in [0.2, 0.25) is 0 Å². The second kappa shape index (κ2) is 5.59. The normalized spacial score (nSPS) is 10.5. The molecule has 5 nitrogen and oxygen atoms in total. The summed E-state index contributed by atoms with van der Waals surface area (Å²) in [6, 6.07) is 2.56. The summed E-state index contributed by atoms with van der Waals surface area (Å²) in [5.41, 5.74) is 0.0546. The summed E-state index contributed by atoms with van der Waals surface area (Å²) in [6.45, 7) is 0. The van der Waals surface area contributed by atoms with Crippen LogP contribution in [-0.2, 0) is 0 Å². The number of benzene rings is 1. The van der Waals surface area contributed by atoms with Gasteiger partial charge in [-0.15, -0.1) is 10.2 Å². The third kappa shape index (κ3) is 2.77. The molecule has 1 aromatic carbocycles. The van der Waals surface area contributed by atoms with Gasteiger partial charge in [-0.3, -0.25) is 4.79 Å². The number of aromatic hydroxyl groups is 2. The van der Waals surface area contributed by atoms with E-state index in [1.54, 1.807) is 0 Å². The predicted molar refractivity (Wildman–Crippen MR) is 71.0 cm³/mol. The average Bonchev–Trinajstić information content (AvgIpc) is 2.81. The van der Waals surface area contributed by atoms with Gasteiger partial charge in [0.05, 0.1) is 10.5 Å². The molecule has 0 aliphatic carbocycles. The summed E-state index contributed by atoms with van der Waals surface area (Å²) < 4.78 is 1.48. The van der Waals surface area contributed by atoms with Gasteiger partial charge in [0.2, 0.25) is 0 Å². The van der Waals surface area contributed by atoms with Crippen molar-refractivity contribution in [1.29, 1.82) is 0 Å². The van der Waals surface area contributed by atoms with Gasteiger partial charge in [0.15, 0.2) is 15.0 Å². The number of thioether (sulfide) groups is 1. The molecule has 1 heterocycles. The van der Waals surface area contributed by atoms with E-state index in [1.165, 1.54) is 47.0 Å². The highest BCUT2D eigenvalue weighted by Gasteiger charge is 2.12. The summed E-state index contributed by atoms with van der Waals surface area (Å²) in [5.74, 6) is -0.235. The molecule has 2 aromatic rings. The molecule has 0 fully saturated rings. The van der Waals surface area contributed by atoms with Crippen molar-refractivity contribution >= 4 is 41.1 Å². The van der Waals surface area contributed by atoms with Gasteiger partial charge < -0.3 is 10.2 Å². The van der Waals surface area contributed by atoms with Crippen molar-refractivity contribution < 1.29 is 15.0 Å². The molecule has 0 amide bonds. The third-order valence-electron chi connectivity index (χ3n) is 2.00. The SMILES string of the molecule is CSc1nnc(Sc2cc(O)c(C=O)cc2O)s1. The van der Waals surface area contributed by atoms with Gasteiger partial charge >= 0.3 is 0 Å². The van der Waals surface area contributed by atoms with E-state index in [0.717, 1.165) is 4.34 Å². The first-order valence-electron chi connectivity index (χ1n) is 4.70. The first-order valence-corrected chi connectivity index (χ1v) is 7.56. The van der Waals surface area contributed by atoms with Crippen LogP contribution < -0.4 is 0 Å². The molecule has 0 saturated carbocycles. The first-order chi connectivity index (χ1) is 8.63. The minimum absolute atomic E-state index is 0.0546. The molecule has 0 spiro atoms. The molecule has 0 unspecified atom stereocenters. The fourth-order valence-electron chi connectivity index (χ4n) is 1.16. The Bertz CT molecular complexity index is 586. The summed E-state index contributed by atoms with van der Waals surface area (Å²) in [6.07, 6.45) is 2.39. The smallest absolute Gasteiger partial charge is 0.180 e. The number of aldehydes is 1. The van der Waals surface area contributed by atoms with Crippen LogP contribution in [0.25, 0.3) is 0 Å². The van der Waals surface area contributed by atoms with E-state index in [9.17, 15) is 15.0 Å². The van der Waals surface area contributed by atoms with E-state index in [-0.39, 0.29) is 17.1 Å². The van der Waals surface area contributed by atoms with Crippen LogP contribution in [0, 0.1) is 0 Å². The zero-order valence-corrected chi connectivity index (χ0v) is 11.6. The maximum Gasteiger partial charge on any atom is 0.180 e. The number of phenols is 2. The molecule has 0 aliphatic heterocycles. The van der Waals surface area contributed by atoms with E-state index in [4.69, 9.17) is 0 Å². The summed E-state index contributed by atoms with van der Waals surface area (Å²) >= 11 is 4.07. The summed E-state index contributed by atoms with van der Waals surface area (Å²) in [4.78, 5) is 11.0. The van der Waals surface area contributed by atoms with Gasteiger partial charge in [-0.2, -0.15) is 0 Å². The van der Waals surface area contributed by atoms with Gasteiger partial charge in [0.1, 0.15) is 11.5 Å². The number of hydrogen-bond donors (Lipinski definition) is 2. The largest absolute Gasteiger partial charge is 0.507 e. The first kappa shape index (κ1) is 13.2. The van der Waals surface area contributed by atoms with Crippen molar-refractivity contribution in [3.05, 3.63) is 17.7 Å². The van der Waals surface area contributed by atoms with E-state index < -0.39 is 0 Å². The zero-order chi connectivity index (χ0) is 13.1. The quantitative estimate of drug-likeness (QED) is 0.510. The van der Waals surface area contributed by atoms with Crippen molar-refractivity contribution in [3.63, 3.8) is 0 Å². The number of carbonyl (C=O) groups excluding carboxylic acids is 1. The van der Waals surface area contributed by atoms with Crippen LogP contribution in [0.5, 0.6) is 11.5 Å². The van der Waals surface area contributed by atoms with Crippen molar-refractivity contribution in [2.75, 3.05) is 6.26 Å². The third-order valence-corrected chi connectivity index (χ3v) is 4.99. The molecule has 0 radical (unpaired) electrons. The van der Waals surface area contributed by atoms with Crippen LogP contribution in [0.1, 0.15) is 10.4 Å². The molecule has 0 atom stereocenters. The van der Waals surface area contributed by atoms with Crippen molar-refractivity contribution in [2.24, 2.45) is 0 Å². The second-order valence-corrected chi connectivity index (χ2v) is 6.46. The van der Waals surface area contributed by atoms with Gasteiger partial charge in [0, 0.05) is 0 Å². The molecule has 2 N–H and O–H groups in total. The number of nitrogens with zero attached hydrogens (tertiary/aromatic N) is 2. The van der Waals surface area contributed by atoms with Gasteiger partial charge in [-0.1, -0.05) is 34.9 Å². The fourth-order valence-corrected chi connectivity index (χ4v) is 3.61. The molecular weight excluding hydrogens is 292 g/mol.